The number of rotatable bonds is 8. The SMILES string of the molecule is CN[C@](CCCCB(O)O)(C(=O)O)[C@H]1C[C@H](N)C1. The molecule has 0 aromatic carbocycles. The molecule has 1 aliphatic rings. The number of carboxylic acids is 1. The molecule has 0 spiro atoms. The number of nitrogens with one attached hydrogen (secondary N) is 1. The van der Waals surface area contributed by atoms with Crippen LogP contribution in [0.4, 0.5) is 0 Å². The summed E-state index contributed by atoms with van der Waals surface area (Å²) in [7, 11) is 0.356. The molecule has 0 aromatic heterocycles. The van der Waals surface area contributed by atoms with Crippen LogP contribution < -0.4 is 11.1 Å². The van der Waals surface area contributed by atoms with Gasteiger partial charge in [-0.1, -0.05) is 12.8 Å². The number of nitrogens with two attached hydrogens (primary N) is 1. The van der Waals surface area contributed by atoms with Crippen molar-refractivity contribution in [1.82, 2.24) is 5.32 Å². The van der Waals surface area contributed by atoms with E-state index >= 15 is 0 Å². The zero-order valence-electron chi connectivity index (χ0n) is 10.8. The van der Waals surface area contributed by atoms with Gasteiger partial charge in [0, 0.05) is 6.04 Å². The Hall–Kier alpha value is -0.625. The second-order valence-corrected chi connectivity index (χ2v) is 5.18. The molecule has 0 saturated heterocycles. The molecule has 0 aliphatic heterocycles. The molecule has 7 heteroatoms. The first-order valence-electron chi connectivity index (χ1n) is 6.46. The molecule has 1 rings (SSSR count). The maximum absolute atomic E-state index is 11.5. The summed E-state index contributed by atoms with van der Waals surface area (Å²) in [5.41, 5.74) is 4.81. The van der Waals surface area contributed by atoms with Crippen molar-refractivity contribution in [3.05, 3.63) is 0 Å². The van der Waals surface area contributed by atoms with Crippen LogP contribution in [0.5, 0.6) is 0 Å². The van der Waals surface area contributed by atoms with Gasteiger partial charge in [0.1, 0.15) is 5.54 Å². The second-order valence-electron chi connectivity index (χ2n) is 5.18. The highest BCUT2D eigenvalue weighted by Crippen LogP contribution is 2.38. The minimum atomic E-state index is -1.31. The fourth-order valence-corrected chi connectivity index (χ4v) is 2.72. The number of carboxylic acid groups (broad SMARTS) is 1. The lowest BCUT2D eigenvalue weighted by Gasteiger charge is -2.45. The number of likely N-dealkylation sites (N-methyl/N-ethyl adjacent to an activating group) is 1. The zero-order valence-corrected chi connectivity index (χ0v) is 10.8. The van der Waals surface area contributed by atoms with Crippen molar-refractivity contribution < 1.29 is 19.9 Å². The summed E-state index contributed by atoms with van der Waals surface area (Å²) in [6, 6.07) is 0.112. The van der Waals surface area contributed by atoms with Gasteiger partial charge in [0.25, 0.3) is 0 Å². The molecule has 0 unspecified atom stereocenters. The van der Waals surface area contributed by atoms with Gasteiger partial charge >= 0.3 is 13.1 Å². The fraction of sp³-hybridized carbons (Fsp3) is 0.909. The number of carbonyl (C=O) groups is 1. The number of unbranched alkanes of at least 4 members (excludes halogenated alkanes) is 1. The Morgan fingerprint density at radius 1 is 1.44 bits per heavy atom. The van der Waals surface area contributed by atoms with Crippen LogP contribution in [-0.2, 0) is 4.79 Å². The van der Waals surface area contributed by atoms with E-state index in [0.29, 0.717) is 19.3 Å². The van der Waals surface area contributed by atoms with Crippen LogP contribution in [0.25, 0.3) is 0 Å². The number of aliphatic carboxylic acids is 1. The first-order chi connectivity index (χ1) is 8.42. The molecule has 18 heavy (non-hydrogen) atoms. The van der Waals surface area contributed by atoms with E-state index in [0.717, 1.165) is 12.8 Å². The van der Waals surface area contributed by atoms with E-state index in [4.69, 9.17) is 15.8 Å². The fourth-order valence-electron chi connectivity index (χ4n) is 2.72. The molecule has 0 radical (unpaired) electrons. The van der Waals surface area contributed by atoms with Gasteiger partial charge in [0.15, 0.2) is 0 Å². The number of hydrogen-bond acceptors (Lipinski definition) is 5. The summed E-state index contributed by atoms with van der Waals surface area (Å²) >= 11 is 0. The van der Waals surface area contributed by atoms with Crippen molar-refractivity contribution in [3.8, 4) is 0 Å². The van der Waals surface area contributed by atoms with E-state index in [-0.39, 0.29) is 18.3 Å². The van der Waals surface area contributed by atoms with Crippen molar-refractivity contribution in [2.24, 2.45) is 11.7 Å². The van der Waals surface area contributed by atoms with Crippen molar-refractivity contribution in [1.29, 1.82) is 0 Å². The maximum atomic E-state index is 11.5. The van der Waals surface area contributed by atoms with Crippen LogP contribution in [0.1, 0.15) is 32.1 Å². The molecular weight excluding hydrogens is 235 g/mol. The molecule has 0 bridgehead atoms. The third-order valence-corrected chi connectivity index (χ3v) is 3.98. The Morgan fingerprint density at radius 2 is 2.06 bits per heavy atom. The molecule has 1 fully saturated rings. The normalized spacial score (nSPS) is 26.2. The summed E-state index contributed by atoms with van der Waals surface area (Å²) < 4.78 is 0. The Labute approximate surface area is 108 Å². The summed E-state index contributed by atoms with van der Waals surface area (Å²) in [5.74, 6) is -0.777. The van der Waals surface area contributed by atoms with Gasteiger partial charge in [0.05, 0.1) is 0 Å². The summed E-state index contributed by atoms with van der Waals surface area (Å²) in [6.45, 7) is 0. The van der Waals surface area contributed by atoms with Crippen LogP contribution in [-0.4, -0.2) is 46.9 Å². The average molecular weight is 258 g/mol. The van der Waals surface area contributed by atoms with Crippen LogP contribution in [0.2, 0.25) is 6.32 Å². The summed E-state index contributed by atoms with van der Waals surface area (Å²) in [6.07, 6.45) is 3.49. The van der Waals surface area contributed by atoms with Gasteiger partial charge in [-0.15, -0.1) is 0 Å². The third kappa shape index (κ3) is 3.44. The van der Waals surface area contributed by atoms with E-state index in [1.807, 2.05) is 0 Å². The van der Waals surface area contributed by atoms with Gasteiger partial charge in [-0.3, -0.25) is 4.79 Å². The maximum Gasteiger partial charge on any atom is 0.451 e. The molecule has 0 aromatic rings. The van der Waals surface area contributed by atoms with E-state index in [2.05, 4.69) is 5.32 Å². The molecule has 0 heterocycles. The molecule has 6 N–H and O–H groups in total. The lowest BCUT2D eigenvalue weighted by Crippen LogP contribution is -2.61. The Morgan fingerprint density at radius 3 is 2.44 bits per heavy atom. The Balaban J connectivity index is 2.52. The van der Waals surface area contributed by atoms with Crippen molar-refractivity contribution >= 4 is 13.1 Å². The van der Waals surface area contributed by atoms with Crippen molar-refractivity contribution in [3.63, 3.8) is 0 Å². The summed E-state index contributed by atoms with van der Waals surface area (Å²) in [4.78, 5) is 11.5. The first-order valence-corrected chi connectivity index (χ1v) is 6.46. The lowest BCUT2D eigenvalue weighted by atomic mass is 9.66. The van der Waals surface area contributed by atoms with Crippen LogP contribution in [0.15, 0.2) is 0 Å². The molecule has 1 saturated carbocycles. The van der Waals surface area contributed by atoms with Crippen molar-refractivity contribution in [2.45, 2.75) is 50.0 Å². The van der Waals surface area contributed by atoms with Crippen LogP contribution in [0.3, 0.4) is 0 Å². The van der Waals surface area contributed by atoms with Gasteiger partial charge in [-0.05, 0) is 38.5 Å². The van der Waals surface area contributed by atoms with E-state index in [1.165, 1.54) is 0 Å². The smallest absolute Gasteiger partial charge is 0.451 e. The molecular formula is C11H23BN2O4. The minimum absolute atomic E-state index is 0.0639. The highest BCUT2D eigenvalue weighted by atomic mass is 16.4. The molecule has 1 atom stereocenters. The van der Waals surface area contributed by atoms with Crippen LogP contribution >= 0.6 is 0 Å². The lowest BCUT2D eigenvalue weighted by molar-refractivity contribution is -0.149. The topological polar surface area (TPSA) is 116 Å². The van der Waals surface area contributed by atoms with E-state index in [9.17, 15) is 9.90 Å². The molecule has 1 aliphatic carbocycles. The monoisotopic (exact) mass is 258 g/mol. The average Bonchev–Trinajstić information content (AvgIpc) is 2.25. The first kappa shape index (κ1) is 15.4. The Bertz CT molecular complexity index is 284. The second kappa shape index (κ2) is 6.52. The molecule has 0 amide bonds. The predicted molar refractivity (Wildman–Crippen MR) is 69.0 cm³/mol. The third-order valence-electron chi connectivity index (χ3n) is 3.98. The number of hydrogen-bond donors (Lipinski definition) is 5. The molecule has 104 valence electrons. The van der Waals surface area contributed by atoms with Gasteiger partial charge < -0.3 is 26.2 Å². The van der Waals surface area contributed by atoms with Gasteiger partial charge in [0.2, 0.25) is 0 Å². The highest BCUT2D eigenvalue weighted by Gasteiger charge is 2.49. The standard InChI is InChI=1S/C11H23BN2O4/c1-14-11(10(15)16,8-6-9(13)7-8)4-2-3-5-12(17)18/h8-9,14,17-18H,2-7,13H2,1H3,(H,15,16)/t8-,9-,11-/m0/s1. The predicted octanol–water partition coefficient (Wildman–Crippen LogP) is -0.590. The zero-order chi connectivity index (χ0) is 13.8. The minimum Gasteiger partial charge on any atom is -0.480 e. The highest BCUT2D eigenvalue weighted by molar-refractivity contribution is 6.40. The van der Waals surface area contributed by atoms with Gasteiger partial charge in [-0.25, -0.2) is 0 Å². The van der Waals surface area contributed by atoms with Crippen LogP contribution in [0, 0.1) is 5.92 Å². The van der Waals surface area contributed by atoms with E-state index < -0.39 is 18.6 Å². The van der Waals surface area contributed by atoms with Gasteiger partial charge in [-0.2, -0.15) is 0 Å². The van der Waals surface area contributed by atoms with Crippen molar-refractivity contribution in [2.75, 3.05) is 7.05 Å². The quantitative estimate of drug-likeness (QED) is 0.293. The molecule has 6 nitrogen and oxygen atoms in total. The van der Waals surface area contributed by atoms with E-state index in [1.54, 1.807) is 7.05 Å². The summed E-state index contributed by atoms with van der Waals surface area (Å²) in [5, 5.41) is 29.9. The Kier molecular flexibility index (Phi) is 5.59. The largest absolute Gasteiger partial charge is 0.480 e.